The fourth-order valence-corrected chi connectivity index (χ4v) is 3.20. The monoisotopic (exact) mass is 310 g/mol. The zero-order valence-corrected chi connectivity index (χ0v) is 12.3. The molecule has 0 fully saturated rings. The van der Waals surface area contributed by atoms with Gasteiger partial charge in [-0.15, -0.1) is 0 Å². The summed E-state index contributed by atoms with van der Waals surface area (Å²) >= 11 is 5.88. The fourth-order valence-electron chi connectivity index (χ4n) is 1.83. The van der Waals surface area contributed by atoms with Crippen molar-refractivity contribution in [3.05, 3.63) is 59.1 Å². The van der Waals surface area contributed by atoms with Crippen LogP contribution in [0.1, 0.15) is 5.56 Å². The summed E-state index contributed by atoms with van der Waals surface area (Å²) < 4.78 is 26.7. The molecule has 0 heterocycles. The van der Waals surface area contributed by atoms with Crippen molar-refractivity contribution < 1.29 is 8.42 Å². The third-order valence-corrected chi connectivity index (χ3v) is 4.57. The first-order valence-corrected chi connectivity index (χ1v) is 7.94. The number of hydrogen-bond acceptors (Lipinski definition) is 3. The number of nitrogens with one attached hydrogen (secondary N) is 1. The number of benzene rings is 2. The van der Waals surface area contributed by atoms with E-state index in [4.69, 9.17) is 17.3 Å². The molecule has 0 aliphatic heterocycles. The molecule has 4 nitrogen and oxygen atoms in total. The van der Waals surface area contributed by atoms with E-state index in [1.807, 2.05) is 18.2 Å². The van der Waals surface area contributed by atoms with Gasteiger partial charge in [0, 0.05) is 11.6 Å². The van der Waals surface area contributed by atoms with Crippen molar-refractivity contribution in [3.8, 4) is 0 Å². The SMILES string of the molecule is Nc1ccccc1S(=O)(=O)NCCc1cccc(Cl)c1. The van der Waals surface area contributed by atoms with Crippen LogP contribution >= 0.6 is 11.6 Å². The highest BCUT2D eigenvalue weighted by Crippen LogP contribution is 2.17. The maximum atomic E-state index is 12.1. The van der Waals surface area contributed by atoms with Gasteiger partial charge < -0.3 is 5.73 Å². The quantitative estimate of drug-likeness (QED) is 0.833. The highest BCUT2D eigenvalue weighted by atomic mass is 35.5. The van der Waals surface area contributed by atoms with Crippen molar-refractivity contribution in [2.75, 3.05) is 12.3 Å². The van der Waals surface area contributed by atoms with Crippen molar-refractivity contribution in [3.63, 3.8) is 0 Å². The maximum absolute atomic E-state index is 12.1. The molecule has 106 valence electrons. The van der Waals surface area contributed by atoms with E-state index in [0.29, 0.717) is 11.4 Å². The zero-order chi connectivity index (χ0) is 14.6. The molecule has 0 saturated carbocycles. The minimum Gasteiger partial charge on any atom is -0.398 e. The summed E-state index contributed by atoms with van der Waals surface area (Å²) in [6.45, 7) is 0.289. The van der Waals surface area contributed by atoms with Gasteiger partial charge in [-0.3, -0.25) is 0 Å². The average molecular weight is 311 g/mol. The van der Waals surface area contributed by atoms with Crippen LogP contribution in [0.5, 0.6) is 0 Å². The molecule has 0 amide bonds. The lowest BCUT2D eigenvalue weighted by atomic mass is 10.2. The topological polar surface area (TPSA) is 72.2 Å². The predicted octanol–water partition coefficient (Wildman–Crippen LogP) is 2.44. The number of rotatable bonds is 5. The van der Waals surface area contributed by atoms with E-state index in [1.54, 1.807) is 24.3 Å². The standard InChI is InChI=1S/C14H15ClN2O2S/c15-12-5-3-4-11(10-12)8-9-17-20(18,19)14-7-2-1-6-13(14)16/h1-7,10,17H,8-9,16H2. The Balaban J connectivity index is 2.02. The Morgan fingerprint density at radius 2 is 1.85 bits per heavy atom. The van der Waals surface area contributed by atoms with Gasteiger partial charge in [0.25, 0.3) is 0 Å². The van der Waals surface area contributed by atoms with E-state index >= 15 is 0 Å². The number of anilines is 1. The van der Waals surface area contributed by atoms with Gasteiger partial charge in [-0.25, -0.2) is 13.1 Å². The lowest BCUT2D eigenvalue weighted by Gasteiger charge is -2.09. The van der Waals surface area contributed by atoms with E-state index in [-0.39, 0.29) is 17.1 Å². The van der Waals surface area contributed by atoms with Gasteiger partial charge in [-0.1, -0.05) is 35.9 Å². The van der Waals surface area contributed by atoms with Gasteiger partial charge in [0.05, 0.1) is 5.69 Å². The Labute approximate surface area is 123 Å². The minimum atomic E-state index is -3.58. The van der Waals surface area contributed by atoms with Crippen molar-refractivity contribution in [1.29, 1.82) is 0 Å². The Bertz CT molecular complexity index is 702. The first-order valence-electron chi connectivity index (χ1n) is 6.08. The Morgan fingerprint density at radius 1 is 1.10 bits per heavy atom. The highest BCUT2D eigenvalue weighted by molar-refractivity contribution is 7.89. The number of sulfonamides is 1. The second kappa shape index (κ2) is 6.26. The average Bonchev–Trinajstić information content (AvgIpc) is 2.39. The predicted molar refractivity (Wildman–Crippen MR) is 81.2 cm³/mol. The molecular formula is C14H15ClN2O2S. The third kappa shape index (κ3) is 3.72. The lowest BCUT2D eigenvalue weighted by Crippen LogP contribution is -2.26. The highest BCUT2D eigenvalue weighted by Gasteiger charge is 2.15. The molecule has 0 radical (unpaired) electrons. The largest absolute Gasteiger partial charge is 0.398 e. The minimum absolute atomic E-state index is 0.103. The van der Waals surface area contributed by atoms with Crippen LogP contribution in [0.15, 0.2) is 53.4 Å². The van der Waals surface area contributed by atoms with Gasteiger partial charge in [0.1, 0.15) is 4.90 Å². The van der Waals surface area contributed by atoms with E-state index in [9.17, 15) is 8.42 Å². The van der Waals surface area contributed by atoms with Gasteiger partial charge in [-0.05, 0) is 36.2 Å². The van der Waals surface area contributed by atoms with Gasteiger partial charge in [0.15, 0.2) is 0 Å². The summed E-state index contributed by atoms with van der Waals surface area (Å²) in [6, 6.07) is 13.7. The summed E-state index contributed by atoms with van der Waals surface area (Å²) in [7, 11) is -3.58. The zero-order valence-electron chi connectivity index (χ0n) is 10.7. The van der Waals surface area contributed by atoms with Gasteiger partial charge in [-0.2, -0.15) is 0 Å². The van der Waals surface area contributed by atoms with E-state index in [2.05, 4.69) is 4.72 Å². The van der Waals surface area contributed by atoms with Crippen LogP contribution in [0.25, 0.3) is 0 Å². The Kier molecular flexibility index (Phi) is 4.65. The number of nitrogens with two attached hydrogens (primary N) is 1. The molecule has 0 aliphatic carbocycles. The molecule has 0 aromatic heterocycles. The van der Waals surface area contributed by atoms with Crippen LogP contribution in [0.3, 0.4) is 0 Å². The summed E-state index contributed by atoms with van der Waals surface area (Å²) in [4.78, 5) is 0.103. The normalized spacial score (nSPS) is 11.4. The third-order valence-electron chi connectivity index (χ3n) is 2.80. The molecule has 2 aromatic rings. The molecule has 0 spiro atoms. The van der Waals surface area contributed by atoms with Crippen molar-refractivity contribution >= 4 is 27.3 Å². The van der Waals surface area contributed by atoms with Crippen LogP contribution in [0.4, 0.5) is 5.69 Å². The van der Waals surface area contributed by atoms with Crippen LogP contribution in [0.2, 0.25) is 5.02 Å². The Morgan fingerprint density at radius 3 is 2.55 bits per heavy atom. The van der Waals surface area contributed by atoms with Crippen LogP contribution in [-0.2, 0) is 16.4 Å². The Hall–Kier alpha value is -1.56. The van der Waals surface area contributed by atoms with E-state index < -0.39 is 10.0 Å². The molecule has 20 heavy (non-hydrogen) atoms. The molecule has 6 heteroatoms. The smallest absolute Gasteiger partial charge is 0.242 e. The second-order valence-electron chi connectivity index (χ2n) is 4.32. The molecule has 0 atom stereocenters. The first kappa shape index (κ1) is 14.8. The van der Waals surface area contributed by atoms with E-state index in [1.165, 1.54) is 6.07 Å². The number of nitrogen functional groups attached to an aromatic ring is 1. The second-order valence-corrected chi connectivity index (χ2v) is 6.49. The van der Waals surface area contributed by atoms with Crippen LogP contribution in [-0.4, -0.2) is 15.0 Å². The van der Waals surface area contributed by atoms with Gasteiger partial charge in [0.2, 0.25) is 10.0 Å². The van der Waals surface area contributed by atoms with Crippen molar-refractivity contribution in [2.45, 2.75) is 11.3 Å². The molecule has 2 rings (SSSR count). The molecule has 0 unspecified atom stereocenters. The molecular weight excluding hydrogens is 296 g/mol. The van der Waals surface area contributed by atoms with Crippen LogP contribution in [0, 0.1) is 0 Å². The molecule has 0 bridgehead atoms. The molecule has 0 saturated heterocycles. The molecule has 3 N–H and O–H groups in total. The van der Waals surface area contributed by atoms with E-state index in [0.717, 1.165) is 5.56 Å². The fraction of sp³-hybridized carbons (Fsp3) is 0.143. The molecule has 2 aromatic carbocycles. The number of para-hydroxylation sites is 1. The summed E-state index contributed by atoms with van der Waals surface area (Å²) in [5, 5.41) is 0.637. The van der Waals surface area contributed by atoms with Crippen molar-refractivity contribution in [2.24, 2.45) is 0 Å². The summed E-state index contributed by atoms with van der Waals surface area (Å²) in [6.07, 6.45) is 0.562. The first-order chi connectivity index (χ1) is 9.49. The maximum Gasteiger partial charge on any atom is 0.242 e. The summed E-state index contributed by atoms with van der Waals surface area (Å²) in [5.41, 5.74) is 6.88. The summed E-state index contributed by atoms with van der Waals surface area (Å²) in [5.74, 6) is 0. The number of halogens is 1. The van der Waals surface area contributed by atoms with Gasteiger partial charge >= 0.3 is 0 Å². The number of hydrogen-bond donors (Lipinski definition) is 2. The van der Waals surface area contributed by atoms with Crippen LogP contribution < -0.4 is 10.5 Å². The van der Waals surface area contributed by atoms with Crippen molar-refractivity contribution in [1.82, 2.24) is 4.72 Å². The lowest BCUT2D eigenvalue weighted by molar-refractivity contribution is 0.582. The molecule has 0 aliphatic rings.